The van der Waals surface area contributed by atoms with Gasteiger partial charge in [-0.3, -0.25) is 0 Å². The van der Waals surface area contributed by atoms with Crippen molar-refractivity contribution in [2.75, 3.05) is 5.32 Å². The van der Waals surface area contributed by atoms with E-state index < -0.39 is 0 Å². The van der Waals surface area contributed by atoms with Gasteiger partial charge in [-0.1, -0.05) is 12.1 Å². The number of nitrogens with zero attached hydrogens (tertiary/aromatic N) is 1. The van der Waals surface area contributed by atoms with Gasteiger partial charge in [0, 0.05) is 23.5 Å². The molecule has 16 heavy (non-hydrogen) atoms. The molecular weight excluding hydrogens is 216 g/mol. The molecule has 2 nitrogen and oxygen atoms in total. The van der Waals surface area contributed by atoms with Crippen LogP contribution in [0.4, 0.5) is 5.82 Å². The average Bonchev–Trinajstić information content (AvgIpc) is 2.74. The van der Waals surface area contributed by atoms with E-state index in [1.807, 2.05) is 12.3 Å². The van der Waals surface area contributed by atoms with Gasteiger partial charge in [0.15, 0.2) is 0 Å². The van der Waals surface area contributed by atoms with Gasteiger partial charge in [0.25, 0.3) is 0 Å². The summed E-state index contributed by atoms with van der Waals surface area (Å²) in [4.78, 5) is 5.75. The average molecular weight is 232 g/mol. The monoisotopic (exact) mass is 232 g/mol. The number of aromatic nitrogens is 1. The van der Waals surface area contributed by atoms with Crippen molar-refractivity contribution in [2.45, 2.75) is 26.3 Å². The molecule has 0 aliphatic carbocycles. The molecule has 0 spiro atoms. The summed E-state index contributed by atoms with van der Waals surface area (Å²) < 4.78 is 0. The molecule has 1 unspecified atom stereocenters. The zero-order valence-corrected chi connectivity index (χ0v) is 10.4. The van der Waals surface area contributed by atoms with Gasteiger partial charge in [-0.2, -0.15) is 0 Å². The number of pyridine rings is 1. The molecule has 0 aromatic carbocycles. The fraction of sp³-hybridized carbons (Fsp3) is 0.308. The SMILES string of the molecule is Cc1cccnc1NC(C)Cc1cccs1. The lowest BCUT2D eigenvalue weighted by molar-refractivity contribution is 0.793. The Kier molecular flexibility index (Phi) is 3.57. The van der Waals surface area contributed by atoms with Gasteiger partial charge in [-0.05, 0) is 36.9 Å². The van der Waals surface area contributed by atoms with Gasteiger partial charge in [0.2, 0.25) is 0 Å². The number of hydrogen-bond donors (Lipinski definition) is 1. The highest BCUT2D eigenvalue weighted by molar-refractivity contribution is 7.09. The summed E-state index contributed by atoms with van der Waals surface area (Å²) in [5.74, 6) is 0.992. The molecule has 3 heteroatoms. The molecule has 0 aliphatic rings. The van der Waals surface area contributed by atoms with Gasteiger partial charge >= 0.3 is 0 Å². The Hall–Kier alpha value is -1.35. The maximum absolute atomic E-state index is 4.34. The third-order valence-corrected chi connectivity index (χ3v) is 3.38. The van der Waals surface area contributed by atoms with Gasteiger partial charge in [0.1, 0.15) is 5.82 Å². The van der Waals surface area contributed by atoms with Crippen LogP contribution in [0.2, 0.25) is 0 Å². The Morgan fingerprint density at radius 1 is 1.38 bits per heavy atom. The number of anilines is 1. The zero-order chi connectivity index (χ0) is 11.4. The zero-order valence-electron chi connectivity index (χ0n) is 9.60. The highest BCUT2D eigenvalue weighted by atomic mass is 32.1. The normalized spacial score (nSPS) is 12.4. The molecule has 0 radical (unpaired) electrons. The number of aryl methyl sites for hydroxylation is 1. The number of nitrogens with one attached hydrogen (secondary N) is 1. The summed E-state index contributed by atoms with van der Waals surface area (Å²) in [7, 11) is 0. The van der Waals surface area contributed by atoms with Crippen LogP contribution in [0.3, 0.4) is 0 Å². The molecule has 0 saturated heterocycles. The van der Waals surface area contributed by atoms with E-state index in [1.54, 1.807) is 11.3 Å². The second-order valence-corrected chi connectivity index (χ2v) is 5.03. The van der Waals surface area contributed by atoms with Crippen molar-refractivity contribution < 1.29 is 0 Å². The number of hydrogen-bond acceptors (Lipinski definition) is 3. The molecule has 1 N–H and O–H groups in total. The molecule has 0 amide bonds. The Bertz CT molecular complexity index is 437. The summed E-state index contributed by atoms with van der Waals surface area (Å²) in [5.41, 5.74) is 1.19. The van der Waals surface area contributed by atoms with Crippen molar-refractivity contribution in [1.82, 2.24) is 4.98 Å². The van der Waals surface area contributed by atoms with Crippen molar-refractivity contribution in [2.24, 2.45) is 0 Å². The van der Waals surface area contributed by atoms with Gasteiger partial charge in [-0.15, -0.1) is 11.3 Å². The third-order valence-electron chi connectivity index (χ3n) is 2.48. The minimum Gasteiger partial charge on any atom is -0.367 e. The van der Waals surface area contributed by atoms with Crippen LogP contribution in [0.1, 0.15) is 17.4 Å². The van der Waals surface area contributed by atoms with Crippen molar-refractivity contribution in [1.29, 1.82) is 0 Å². The van der Waals surface area contributed by atoms with Crippen LogP contribution < -0.4 is 5.32 Å². The van der Waals surface area contributed by atoms with E-state index >= 15 is 0 Å². The highest BCUT2D eigenvalue weighted by Crippen LogP contribution is 2.15. The molecule has 84 valence electrons. The Balaban J connectivity index is 1.97. The summed E-state index contributed by atoms with van der Waals surface area (Å²) in [6, 6.07) is 8.72. The van der Waals surface area contributed by atoms with E-state index in [4.69, 9.17) is 0 Å². The van der Waals surface area contributed by atoms with Crippen molar-refractivity contribution in [3.05, 3.63) is 46.3 Å². The first-order chi connectivity index (χ1) is 7.75. The molecule has 0 bridgehead atoms. The first-order valence-corrected chi connectivity index (χ1v) is 6.34. The molecule has 1 atom stereocenters. The van der Waals surface area contributed by atoms with Crippen molar-refractivity contribution in [3.8, 4) is 0 Å². The highest BCUT2D eigenvalue weighted by Gasteiger charge is 2.06. The molecular formula is C13H16N2S. The Morgan fingerprint density at radius 2 is 2.25 bits per heavy atom. The second-order valence-electron chi connectivity index (χ2n) is 4.00. The lowest BCUT2D eigenvalue weighted by atomic mass is 10.2. The molecule has 2 aromatic rings. The lowest BCUT2D eigenvalue weighted by Crippen LogP contribution is -2.18. The van der Waals surface area contributed by atoms with Crippen LogP contribution in [0.15, 0.2) is 35.8 Å². The van der Waals surface area contributed by atoms with E-state index in [-0.39, 0.29) is 0 Å². The molecule has 0 fully saturated rings. The number of rotatable bonds is 4. The summed E-state index contributed by atoms with van der Waals surface area (Å²) in [6.45, 7) is 4.26. The summed E-state index contributed by atoms with van der Waals surface area (Å²) >= 11 is 1.81. The predicted octanol–water partition coefficient (Wildman–Crippen LogP) is 3.49. The first-order valence-electron chi connectivity index (χ1n) is 5.46. The molecule has 2 rings (SSSR count). The quantitative estimate of drug-likeness (QED) is 0.872. The molecule has 0 aliphatic heterocycles. The minimum atomic E-state index is 0.409. The van der Waals surface area contributed by atoms with Crippen LogP contribution in [-0.2, 0) is 6.42 Å². The van der Waals surface area contributed by atoms with Crippen LogP contribution >= 0.6 is 11.3 Å². The summed E-state index contributed by atoms with van der Waals surface area (Å²) in [5, 5.41) is 5.56. The number of thiophene rings is 1. The van der Waals surface area contributed by atoms with E-state index in [1.165, 1.54) is 10.4 Å². The minimum absolute atomic E-state index is 0.409. The maximum Gasteiger partial charge on any atom is 0.129 e. The predicted molar refractivity (Wildman–Crippen MR) is 70.1 cm³/mol. The third kappa shape index (κ3) is 2.83. The van der Waals surface area contributed by atoms with Crippen molar-refractivity contribution >= 4 is 17.2 Å². The second kappa shape index (κ2) is 5.12. The maximum atomic E-state index is 4.34. The van der Waals surface area contributed by atoms with Crippen molar-refractivity contribution in [3.63, 3.8) is 0 Å². The Labute approximate surface area is 100 Å². The largest absolute Gasteiger partial charge is 0.367 e. The topological polar surface area (TPSA) is 24.9 Å². The molecule has 2 aromatic heterocycles. The standard InChI is InChI=1S/C13H16N2S/c1-10-5-3-7-14-13(10)15-11(2)9-12-6-4-8-16-12/h3-8,11H,9H2,1-2H3,(H,14,15). The van der Waals surface area contributed by atoms with Gasteiger partial charge in [0.05, 0.1) is 0 Å². The van der Waals surface area contributed by atoms with E-state index in [0.717, 1.165) is 12.2 Å². The molecule has 0 saturated carbocycles. The summed E-state index contributed by atoms with van der Waals surface area (Å²) in [6.07, 6.45) is 2.88. The van der Waals surface area contributed by atoms with E-state index in [9.17, 15) is 0 Å². The van der Waals surface area contributed by atoms with Gasteiger partial charge in [-0.25, -0.2) is 4.98 Å². The van der Waals surface area contributed by atoms with Gasteiger partial charge < -0.3 is 5.32 Å². The fourth-order valence-corrected chi connectivity index (χ4v) is 2.49. The lowest BCUT2D eigenvalue weighted by Gasteiger charge is -2.14. The first kappa shape index (κ1) is 11.1. The van der Waals surface area contributed by atoms with Crippen LogP contribution in [0, 0.1) is 6.92 Å². The van der Waals surface area contributed by atoms with Crippen LogP contribution in [-0.4, -0.2) is 11.0 Å². The fourth-order valence-electron chi connectivity index (χ4n) is 1.65. The van der Waals surface area contributed by atoms with E-state index in [2.05, 4.69) is 47.7 Å². The van der Waals surface area contributed by atoms with Crippen LogP contribution in [0.5, 0.6) is 0 Å². The Morgan fingerprint density at radius 3 is 2.94 bits per heavy atom. The molecule has 2 heterocycles. The van der Waals surface area contributed by atoms with E-state index in [0.29, 0.717) is 6.04 Å². The smallest absolute Gasteiger partial charge is 0.129 e. The van der Waals surface area contributed by atoms with Crippen LogP contribution in [0.25, 0.3) is 0 Å².